The van der Waals surface area contributed by atoms with Crippen molar-refractivity contribution in [2.24, 2.45) is 0 Å². The van der Waals surface area contributed by atoms with Gasteiger partial charge in [-0.2, -0.15) is 0 Å². The van der Waals surface area contributed by atoms with Gasteiger partial charge >= 0.3 is 0 Å². The van der Waals surface area contributed by atoms with E-state index in [4.69, 9.17) is 15.0 Å². The van der Waals surface area contributed by atoms with Crippen molar-refractivity contribution in [3.63, 3.8) is 0 Å². The van der Waals surface area contributed by atoms with Crippen LogP contribution in [0.3, 0.4) is 0 Å². The molecule has 1 heterocycles. The number of nitrogen functional groups attached to an aromatic ring is 1. The predicted octanol–water partition coefficient (Wildman–Crippen LogP) is 3.00. The molecule has 5 heteroatoms. The van der Waals surface area contributed by atoms with Crippen LogP contribution in [-0.4, -0.2) is 12.3 Å². The molecular weight excluding hydrogens is 248 g/mol. The van der Waals surface area contributed by atoms with Crippen LogP contribution >= 0.6 is 11.8 Å². The Morgan fingerprint density at radius 1 is 1.39 bits per heavy atom. The van der Waals surface area contributed by atoms with Crippen molar-refractivity contribution in [1.82, 2.24) is 5.16 Å². The van der Waals surface area contributed by atoms with E-state index in [0.29, 0.717) is 6.61 Å². The molecule has 0 unspecified atom stereocenters. The maximum atomic E-state index is 5.92. The Balaban J connectivity index is 1.99. The van der Waals surface area contributed by atoms with Crippen molar-refractivity contribution in [2.45, 2.75) is 24.2 Å². The summed E-state index contributed by atoms with van der Waals surface area (Å²) in [5, 5.41) is 3.99. The van der Waals surface area contributed by atoms with E-state index in [9.17, 15) is 0 Å². The molecule has 4 nitrogen and oxygen atoms in total. The molecule has 96 valence electrons. The number of thioether (sulfide) groups is 1. The zero-order chi connectivity index (χ0) is 13.0. The quantitative estimate of drug-likeness (QED) is 0.664. The fourth-order valence-electron chi connectivity index (χ4n) is 1.55. The van der Waals surface area contributed by atoms with Gasteiger partial charge in [-0.3, -0.25) is 0 Å². The lowest BCUT2D eigenvalue weighted by molar-refractivity contribution is 0.156. The number of hydrogen-bond acceptors (Lipinski definition) is 5. The van der Waals surface area contributed by atoms with Crippen molar-refractivity contribution in [3.8, 4) is 0 Å². The van der Waals surface area contributed by atoms with E-state index < -0.39 is 0 Å². The zero-order valence-corrected chi connectivity index (χ0v) is 11.3. The predicted molar refractivity (Wildman–Crippen MR) is 72.4 cm³/mol. The highest BCUT2D eigenvalue weighted by molar-refractivity contribution is 7.98. The molecule has 0 amide bonds. The monoisotopic (exact) mass is 264 g/mol. The molecule has 2 N–H and O–H groups in total. The molecule has 0 fully saturated rings. The molecule has 18 heavy (non-hydrogen) atoms. The van der Waals surface area contributed by atoms with Crippen LogP contribution in [0.5, 0.6) is 0 Å². The highest BCUT2D eigenvalue weighted by Gasteiger charge is 2.06. The maximum Gasteiger partial charge on any atom is 0.162 e. The van der Waals surface area contributed by atoms with E-state index in [0.717, 1.165) is 27.8 Å². The van der Waals surface area contributed by atoms with Gasteiger partial charge in [-0.25, -0.2) is 0 Å². The third-order valence-corrected chi connectivity index (χ3v) is 3.54. The lowest BCUT2D eigenvalue weighted by Gasteiger charge is -2.04. The van der Waals surface area contributed by atoms with Gasteiger partial charge in [0.15, 0.2) is 5.76 Å². The summed E-state index contributed by atoms with van der Waals surface area (Å²) in [6, 6.07) is 7.92. The summed E-state index contributed by atoms with van der Waals surface area (Å²) in [5.74, 6) is 1.48. The molecular formula is C13H16N2O2S. The van der Waals surface area contributed by atoms with Gasteiger partial charge in [0, 0.05) is 29.5 Å². The Hall–Kier alpha value is -1.46. The van der Waals surface area contributed by atoms with Crippen LogP contribution in [0.1, 0.15) is 17.0 Å². The average molecular weight is 264 g/mol. The van der Waals surface area contributed by atoms with Gasteiger partial charge in [0.2, 0.25) is 0 Å². The van der Waals surface area contributed by atoms with Gasteiger partial charge in [-0.15, -0.1) is 11.8 Å². The molecule has 1 aromatic carbocycles. The van der Waals surface area contributed by atoms with Crippen LogP contribution in [0.4, 0.5) is 5.69 Å². The van der Waals surface area contributed by atoms with Gasteiger partial charge < -0.3 is 15.0 Å². The smallest absolute Gasteiger partial charge is 0.162 e. The first-order valence-electron chi connectivity index (χ1n) is 5.61. The van der Waals surface area contributed by atoms with Crippen LogP contribution in [0.15, 0.2) is 33.7 Å². The third-order valence-electron chi connectivity index (χ3n) is 2.44. The number of nitrogens with zero attached hydrogens (tertiary/aromatic N) is 1. The van der Waals surface area contributed by atoms with E-state index in [1.54, 1.807) is 18.9 Å². The number of hydrogen-bond donors (Lipinski definition) is 1. The Morgan fingerprint density at radius 2 is 2.22 bits per heavy atom. The molecule has 2 aromatic rings. The SMILES string of the molecule is COCc1cc(CSc2cc(C)ccc2N)no1. The average Bonchev–Trinajstić information content (AvgIpc) is 2.79. The maximum absolute atomic E-state index is 5.92. The summed E-state index contributed by atoms with van der Waals surface area (Å²) in [4.78, 5) is 1.08. The Labute approximate surface area is 110 Å². The molecule has 0 spiro atoms. The number of nitrogens with two attached hydrogens (primary N) is 1. The minimum atomic E-state index is 0.449. The number of ether oxygens (including phenoxy) is 1. The van der Waals surface area contributed by atoms with Crippen molar-refractivity contribution >= 4 is 17.4 Å². The third kappa shape index (κ3) is 3.27. The number of methoxy groups -OCH3 is 1. The van der Waals surface area contributed by atoms with E-state index in [2.05, 4.69) is 18.1 Å². The summed E-state index contributed by atoms with van der Waals surface area (Å²) in [6.07, 6.45) is 0. The summed E-state index contributed by atoms with van der Waals surface area (Å²) < 4.78 is 10.1. The summed E-state index contributed by atoms with van der Waals surface area (Å²) >= 11 is 1.66. The molecule has 0 radical (unpaired) electrons. The van der Waals surface area contributed by atoms with E-state index >= 15 is 0 Å². The first kappa shape index (κ1) is 13.0. The number of benzene rings is 1. The minimum Gasteiger partial charge on any atom is -0.398 e. The van der Waals surface area contributed by atoms with E-state index in [1.165, 1.54) is 5.56 Å². The van der Waals surface area contributed by atoms with Crippen molar-refractivity contribution in [2.75, 3.05) is 12.8 Å². The van der Waals surface area contributed by atoms with Gasteiger partial charge in [-0.1, -0.05) is 11.2 Å². The molecule has 0 aliphatic heterocycles. The molecule has 0 bridgehead atoms. The zero-order valence-electron chi connectivity index (χ0n) is 10.5. The van der Waals surface area contributed by atoms with Crippen LogP contribution in [0, 0.1) is 6.92 Å². The van der Waals surface area contributed by atoms with Crippen LogP contribution in [0.2, 0.25) is 0 Å². The van der Waals surface area contributed by atoms with Crippen molar-refractivity contribution in [1.29, 1.82) is 0 Å². The van der Waals surface area contributed by atoms with Crippen molar-refractivity contribution < 1.29 is 9.26 Å². The number of aromatic nitrogens is 1. The lowest BCUT2D eigenvalue weighted by Crippen LogP contribution is -1.90. The van der Waals surface area contributed by atoms with Crippen LogP contribution in [0.25, 0.3) is 0 Å². The topological polar surface area (TPSA) is 61.3 Å². The first-order valence-corrected chi connectivity index (χ1v) is 6.60. The summed E-state index contributed by atoms with van der Waals surface area (Å²) in [7, 11) is 1.63. The Bertz CT molecular complexity index is 525. The fraction of sp³-hybridized carbons (Fsp3) is 0.308. The molecule has 1 aromatic heterocycles. The Kier molecular flexibility index (Phi) is 4.28. The van der Waals surface area contributed by atoms with Gasteiger partial charge in [0.05, 0.1) is 5.69 Å². The number of aryl methyl sites for hydroxylation is 1. The van der Waals surface area contributed by atoms with Gasteiger partial charge in [0.1, 0.15) is 6.61 Å². The molecule has 0 aliphatic rings. The number of rotatable bonds is 5. The molecule has 0 saturated carbocycles. The lowest BCUT2D eigenvalue weighted by atomic mass is 10.2. The van der Waals surface area contributed by atoms with Crippen LogP contribution < -0.4 is 5.73 Å². The second kappa shape index (κ2) is 5.93. The minimum absolute atomic E-state index is 0.449. The summed E-state index contributed by atoms with van der Waals surface area (Å²) in [5.41, 5.74) is 8.82. The highest BCUT2D eigenvalue weighted by Crippen LogP contribution is 2.28. The Morgan fingerprint density at radius 3 is 3.00 bits per heavy atom. The summed E-state index contributed by atoms with van der Waals surface area (Å²) in [6.45, 7) is 2.50. The first-order chi connectivity index (χ1) is 8.69. The molecule has 0 saturated heterocycles. The molecule has 0 aliphatic carbocycles. The van der Waals surface area contributed by atoms with Crippen molar-refractivity contribution in [3.05, 3.63) is 41.3 Å². The fourth-order valence-corrected chi connectivity index (χ4v) is 2.50. The van der Waals surface area contributed by atoms with Gasteiger partial charge in [-0.05, 0) is 24.6 Å². The highest BCUT2D eigenvalue weighted by atomic mass is 32.2. The van der Waals surface area contributed by atoms with E-state index in [-0.39, 0.29) is 0 Å². The normalized spacial score (nSPS) is 10.8. The van der Waals surface area contributed by atoms with Gasteiger partial charge in [0.25, 0.3) is 0 Å². The molecule has 0 atom stereocenters. The second-order valence-corrected chi connectivity index (χ2v) is 5.06. The second-order valence-electron chi connectivity index (χ2n) is 4.05. The largest absolute Gasteiger partial charge is 0.398 e. The van der Waals surface area contributed by atoms with E-state index in [1.807, 2.05) is 18.2 Å². The standard InChI is InChI=1S/C13H16N2O2S/c1-9-3-4-12(14)13(5-9)18-8-10-6-11(7-16-2)17-15-10/h3-6H,7-8,14H2,1-2H3. The number of anilines is 1. The molecule has 2 rings (SSSR count). The van der Waals surface area contributed by atoms with Crippen LogP contribution in [-0.2, 0) is 17.1 Å².